The highest BCUT2D eigenvalue weighted by atomic mass is 35.5. The van der Waals surface area contributed by atoms with Crippen LogP contribution in [0.25, 0.3) is 10.9 Å². The molecule has 0 amide bonds. The van der Waals surface area contributed by atoms with Crippen LogP contribution >= 0.6 is 11.6 Å². The zero-order valence-electron chi connectivity index (χ0n) is 14.7. The van der Waals surface area contributed by atoms with Crippen molar-refractivity contribution in [2.75, 3.05) is 13.6 Å². The van der Waals surface area contributed by atoms with Gasteiger partial charge in [0.2, 0.25) is 0 Å². The molecule has 4 heteroatoms. The summed E-state index contributed by atoms with van der Waals surface area (Å²) in [5.41, 5.74) is 3.83. The fourth-order valence-electron chi connectivity index (χ4n) is 3.93. The van der Waals surface area contributed by atoms with E-state index in [1.165, 1.54) is 16.6 Å². The summed E-state index contributed by atoms with van der Waals surface area (Å²) in [5.74, 6) is 0. The first-order chi connectivity index (χ1) is 12.0. The predicted octanol–water partition coefficient (Wildman–Crippen LogP) is 4.19. The molecule has 0 radical (unpaired) electrons. The lowest BCUT2D eigenvalue weighted by molar-refractivity contribution is 0.0385. The van der Waals surface area contributed by atoms with E-state index >= 15 is 0 Å². The van der Waals surface area contributed by atoms with Gasteiger partial charge in [-0.25, -0.2) is 0 Å². The Morgan fingerprint density at radius 1 is 1.16 bits per heavy atom. The van der Waals surface area contributed by atoms with Gasteiger partial charge in [-0.3, -0.25) is 0 Å². The summed E-state index contributed by atoms with van der Waals surface area (Å²) in [6.07, 6.45) is 0.989. The van der Waals surface area contributed by atoms with Crippen molar-refractivity contribution >= 4 is 22.5 Å². The number of hydrogen-bond donors (Lipinski definition) is 1. The Kier molecular flexibility index (Phi) is 4.11. The van der Waals surface area contributed by atoms with Crippen LogP contribution in [0.5, 0.6) is 0 Å². The zero-order valence-corrected chi connectivity index (χ0v) is 15.4. The Balaban J connectivity index is 1.85. The quantitative estimate of drug-likeness (QED) is 0.764. The minimum Gasteiger partial charge on any atom is -0.384 e. The van der Waals surface area contributed by atoms with Gasteiger partial charge < -0.3 is 14.6 Å². The van der Waals surface area contributed by atoms with Gasteiger partial charge in [0, 0.05) is 41.1 Å². The van der Waals surface area contributed by atoms with Crippen LogP contribution in [0.4, 0.5) is 0 Å². The first-order valence-corrected chi connectivity index (χ1v) is 9.09. The third kappa shape index (κ3) is 2.97. The molecule has 1 N–H and O–H groups in total. The summed E-state index contributed by atoms with van der Waals surface area (Å²) in [6.45, 7) is 4.39. The van der Waals surface area contributed by atoms with Gasteiger partial charge >= 0.3 is 0 Å². The van der Waals surface area contributed by atoms with E-state index in [0.29, 0.717) is 6.54 Å². The van der Waals surface area contributed by atoms with Gasteiger partial charge in [0.1, 0.15) is 5.60 Å². The second-order valence-corrected chi connectivity index (χ2v) is 7.74. The maximum Gasteiger partial charge on any atom is 0.105 e. The Morgan fingerprint density at radius 3 is 2.68 bits per heavy atom. The minimum absolute atomic E-state index is 0.536. The zero-order chi connectivity index (χ0) is 17.6. The molecule has 3 aromatic rings. The second-order valence-electron chi connectivity index (χ2n) is 7.30. The molecule has 0 aliphatic carbocycles. The maximum atomic E-state index is 11.2. The Morgan fingerprint density at radius 2 is 1.92 bits per heavy atom. The molecule has 1 atom stereocenters. The molecule has 0 saturated heterocycles. The average Bonchev–Trinajstić information content (AvgIpc) is 2.88. The number of fused-ring (bicyclic) bond motifs is 3. The number of likely N-dealkylation sites (N-methyl/N-ethyl adjacent to an activating group) is 1. The van der Waals surface area contributed by atoms with Crippen LogP contribution in [0, 0.1) is 0 Å². The molecule has 0 spiro atoms. The second kappa shape index (κ2) is 6.17. The molecule has 0 saturated carbocycles. The normalized spacial score (nSPS) is 17.4. The Bertz CT molecular complexity index is 915. The molecule has 0 fully saturated rings. The molecule has 0 bridgehead atoms. The highest BCUT2D eigenvalue weighted by Crippen LogP contribution is 2.35. The number of benzene rings is 2. The standard InChI is InChI=1S/C21H23ClN2O/c1-21(25,15-6-4-3-5-7-15)14-24-19-9-8-16(22)12-17(19)18-13-23(2)11-10-20(18)24/h3-9,12,25H,10-11,13-14H2,1-2H3. The van der Waals surface area contributed by atoms with Gasteiger partial charge in [-0.05, 0) is 43.3 Å². The number of aromatic nitrogens is 1. The lowest BCUT2D eigenvalue weighted by Crippen LogP contribution is -2.31. The summed E-state index contributed by atoms with van der Waals surface area (Å²) in [4.78, 5) is 2.34. The van der Waals surface area contributed by atoms with Crippen molar-refractivity contribution in [2.24, 2.45) is 0 Å². The fraction of sp³-hybridized carbons (Fsp3) is 0.333. The van der Waals surface area contributed by atoms with Crippen molar-refractivity contribution in [3.8, 4) is 0 Å². The highest BCUT2D eigenvalue weighted by Gasteiger charge is 2.29. The summed E-state index contributed by atoms with van der Waals surface area (Å²) in [6, 6.07) is 16.0. The molecule has 130 valence electrons. The molecule has 1 unspecified atom stereocenters. The first-order valence-electron chi connectivity index (χ1n) is 8.72. The van der Waals surface area contributed by atoms with Crippen molar-refractivity contribution in [3.63, 3.8) is 0 Å². The van der Waals surface area contributed by atoms with Crippen LogP contribution < -0.4 is 0 Å². The lowest BCUT2D eigenvalue weighted by atomic mass is 9.95. The van der Waals surface area contributed by atoms with Crippen LogP contribution in [0.1, 0.15) is 23.7 Å². The van der Waals surface area contributed by atoms with Crippen LogP contribution in [-0.2, 0) is 25.1 Å². The Labute approximate surface area is 153 Å². The molecule has 1 aliphatic rings. The van der Waals surface area contributed by atoms with Crippen LogP contribution in [-0.4, -0.2) is 28.2 Å². The largest absolute Gasteiger partial charge is 0.384 e. The number of nitrogens with zero attached hydrogens (tertiary/aromatic N) is 2. The van der Waals surface area contributed by atoms with Crippen molar-refractivity contribution in [3.05, 3.63) is 70.4 Å². The molecule has 4 rings (SSSR count). The van der Waals surface area contributed by atoms with E-state index in [4.69, 9.17) is 11.6 Å². The van der Waals surface area contributed by atoms with Gasteiger partial charge in [0.15, 0.2) is 0 Å². The van der Waals surface area contributed by atoms with Crippen LogP contribution in [0.3, 0.4) is 0 Å². The van der Waals surface area contributed by atoms with Gasteiger partial charge in [-0.15, -0.1) is 0 Å². The number of hydrogen-bond acceptors (Lipinski definition) is 2. The SMILES string of the molecule is CN1CCc2c(c3cc(Cl)ccc3n2CC(C)(O)c2ccccc2)C1. The third-order valence-corrected chi connectivity index (χ3v) is 5.50. The molecule has 25 heavy (non-hydrogen) atoms. The monoisotopic (exact) mass is 354 g/mol. The van der Waals surface area contributed by atoms with Gasteiger partial charge in [-0.2, -0.15) is 0 Å². The van der Waals surface area contributed by atoms with E-state index in [2.05, 4.69) is 28.6 Å². The highest BCUT2D eigenvalue weighted by molar-refractivity contribution is 6.31. The van der Waals surface area contributed by atoms with Crippen molar-refractivity contribution in [1.82, 2.24) is 9.47 Å². The van der Waals surface area contributed by atoms with E-state index < -0.39 is 5.60 Å². The smallest absolute Gasteiger partial charge is 0.105 e. The summed E-state index contributed by atoms with van der Waals surface area (Å²) < 4.78 is 2.29. The van der Waals surface area contributed by atoms with E-state index in [1.807, 2.05) is 43.3 Å². The minimum atomic E-state index is -0.927. The van der Waals surface area contributed by atoms with Gasteiger partial charge in [-0.1, -0.05) is 41.9 Å². The number of aliphatic hydroxyl groups is 1. The van der Waals surface area contributed by atoms with Gasteiger partial charge in [0.25, 0.3) is 0 Å². The van der Waals surface area contributed by atoms with Crippen molar-refractivity contribution in [1.29, 1.82) is 0 Å². The third-order valence-electron chi connectivity index (χ3n) is 5.27. The van der Waals surface area contributed by atoms with Crippen molar-refractivity contribution in [2.45, 2.75) is 32.0 Å². The number of rotatable bonds is 3. The summed E-state index contributed by atoms with van der Waals surface area (Å²) in [5, 5.41) is 13.1. The van der Waals surface area contributed by atoms with E-state index in [1.54, 1.807) is 0 Å². The topological polar surface area (TPSA) is 28.4 Å². The number of halogens is 1. The van der Waals surface area contributed by atoms with Crippen molar-refractivity contribution < 1.29 is 5.11 Å². The predicted molar refractivity (Wildman–Crippen MR) is 103 cm³/mol. The Hall–Kier alpha value is -1.81. The van der Waals surface area contributed by atoms with E-state index in [-0.39, 0.29) is 0 Å². The molecule has 1 aliphatic heterocycles. The molecule has 2 heterocycles. The van der Waals surface area contributed by atoms with Crippen LogP contribution in [0.15, 0.2) is 48.5 Å². The molecular formula is C21H23ClN2O. The first kappa shape index (κ1) is 16.6. The summed E-state index contributed by atoms with van der Waals surface area (Å²) >= 11 is 6.26. The molecule has 1 aromatic heterocycles. The molecule has 3 nitrogen and oxygen atoms in total. The maximum absolute atomic E-state index is 11.2. The van der Waals surface area contributed by atoms with E-state index in [0.717, 1.165) is 35.6 Å². The summed E-state index contributed by atoms with van der Waals surface area (Å²) in [7, 11) is 2.15. The fourth-order valence-corrected chi connectivity index (χ4v) is 4.11. The lowest BCUT2D eigenvalue weighted by Gasteiger charge is -2.29. The van der Waals surface area contributed by atoms with Crippen LogP contribution in [0.2, 0.25) is 5.02 Å². The van der Waals surface area contributed by atoms with E-state index in [9.17, 15) is 5.11 Å². The van der Waals surface area contributed by atoms with Gasteiger partial charge in [0.05, 0.1) is 6.54 Å². The molecular weight excluding hydrogens is 332 g/mol. The average molecular weight is 355 g/mol. The molecule has 2 aromatic carbocycles.